The summed E-state index contributed by atoms with van der Waals surface area (Å²) in [6, 6.07) is 17.7. The minimum atomic E-state index is -0.247. The van der Waals surface area contributed by atoms with E-state index < -0.39 is 0 Å². The van der Waals surface area contributed by atoms with Crippen LogP contribution in [0.15, 0.2) is 59.5 Å². The maximum atomic E-state index is 12.9. The summed E-state index contributed by atoms with van der Waals surface area (Å²) in [5.74, 6) is 0.552. The number of amides is 2. The molecule has 158 valence electrons. The van der Waals surface area contributed by atoms with Crippen LogP contribution in [0.5, 0.6) is 5.75 Å². The van der Waals surface area contributed by atoms with E-state index in [-0.39, 0.29) is 17.7 Å². The van der Waals surface area contributed by atoms with Crippen molar-refractivity contribution in [2.45, 2.75) is 20.4 Å². The van der Waals surface area contributed by atoms with Crippen molar-refractivity contribution in [1.82, 2.24) is 9.47 Å². The Kier molecular flexibility index (Phi) is 6.24. The van der Waals surface area contributed by atoms with Crippen molar-refractivity contribution in [3.63, 3.8) is 0 Å². The highest BCUT2D eigenvalue weighted by Gasteiger charge is 2.35. The van der Waals surface area contributed by atoms with Crippen molar-refractivity contribution in [1.29, 1.82) is 0 Å². The van der Waals surface area contributed by atoms with E-state index in [2.05, 4.69) is 27.2 Å². The first-order valence-corrected chi connectivity index (χ1v) is 11.6. The molecular weight excluding hydrogens is 523 g/mol. The fraction of sp³-hybridized carbons (Fsp3) is 0.167. The predicted octanol–water partition coefficient (Wildman–Crippen LogP) is 5.94. The molecule has 2 aromatic carbocycles. The fourth-order valence-corrected chi connectivity index (χ4v) is 4.80. The number of methoxy groups -OCH3 is 1. The van der Waals surface area contributed by atoms with Gasteiger partial charge >= 0.3 is 0 Å². The van der Waals surface area contributed by atoms with Crippen LogP contribution in [0.1, 0.15) is 22.5 Å². The molecule has 3 aromatic rings. The maximum absolute atomic E-state index is 12.9. The van der Waals surface area contributed by atoms with E-state index in [0.29, 0.717) is 4.91 Å². The summed E-state index contributed by atoms with van der Waals surface area (Å²) in [7, 11) is 1.64. The smallest absolute Gasteiger partial charge is 0.293 e. The second-order valence-corrected chi connectivity index (χ2v) is 9.49. The summed E-state index contributed by atoms with van der Waals surface area (Å²) < 4.78 is 8.48. The lowest BCUT2D eigenvalue weighted by Gasteiger charge is -2.12. The highest BCUT2D eigenvalue weighted by atomic mass is 127. The van der Waals surface area contributed by atoms with Crippen molar-refractivity contribution in [2.24, 2.45) is 0 Å². The first kappa shape index (κ1) is 21.7. The van der Waals surface area contributed by atoms with Gasteiger partial charge in [-0.2, -0.15) is 0 Å². The fourth-order valence-electron chi connectivity index (χ4n) is 3.61. The average molecular weight is 544 g/mol. The lowest BCUT2D eigenvalue weighted by molar-refractivity contribution is -0.123. The Labute approximate surface area is 199 Å². The summed E-state index contributed by atoms with van der Waals surface area (Å²) in [5, 5.41) is -0.237. The van der Waals surface area contributed by atoms with E-state index in [4.69, 9.17) is 4.74 Å². The van der Waals surface area contributed by atoms with Gasteiger partial charge in [0.15, 0.2) is 0 Å². The molecule has 0 N–H and O–H groups in total. The number of thioether (sulfide) groups is 1. The van der Waals surface area contributed by atoms with Gasteiger partial charge in [-0.1, -0.05) is 12.1 Å². The predicted molar refractivity (Wildman–Crippen MR) is 132 cm³/mol. The van der Waals surface area contributed by atoms with E-state index in [0.717, 1.165) is 49.3 Å². The minimum absolute atomic E-state index is 0.237. The number of halogens is 1. The summed E-state index contributed by atoms with van der Waals surface area (Å²) in [6.45, 7) is 4.32. The van der Waals surface area contributed by atoms with E-state index in [1.165, 1.54) is 4.90 Å². The molecule has 4 rings (SSSR count). The van der Waals surface area contributed by atoms with Gasteiger partial charge in [0.2, 0.25) is 0 Å². The van der Waals surface area contributed by atoms with Crippen molar-refractivity contribution in [3.05, 3.63) is 85.6 Å². The van der Waals surface area contributed by atoms with Gasteiger partial charge in [-0.3, -0.25) is 14.5 Å². The largest absolute Gasteiger partial charge is 0.497 e. The first-order valence-electron chi connectivity index (χ1n) is 9.70. The van der Waals surface area contributed by atoms with Crippen LogP contribution in [0.25, 0.3) is 11.8 Å². The summed E-state index contributed by atoms with van der Waals surface area (Å²) in [5.41, 5.74) is 4.93. The molecular formula is C24H21IN2O3S. The molecule has 1 aliphatic rings. The quantitative estimate of drug-likeness (QED) is 0.295. The van der Waals surface area contributed by atoms with Crippen LogP contribution in [0.2, 0.25) is 0 Å². The Morgan fingerprint density at radius 1 is 1.03 bits per heavy atom. The number of hydrogen-bond donors (Lipinski definition) is 0. The van der Waals surface area contributed by atoms with Gasteiger partial charge in [-0.05, 0) is 108 Å². The van der Waals surface area contributed by atoms with Crippen LogP contribution >= 0.6 is 34.4 Å². The molecule has 0 bridgehead atoms. The molecule has 0 unspecified atom stereocenters. The second kappa shape index (κ2) is 8.92. The third kappa shape index (κ3) is 4.43. The van der Waals surface area contributed by atoms with Crippen LogP contribution in [0, 0.1) is 17.4 Å². The Morgan fingerprint density at radius 3 is 2.35 bits per heavy atom. The van der Waals surface area contributed by atoms with Gasteiger partial charge in [-0.15, -0.1) is 0 Å². The number of rotatable bonds is 5. The topological polar surface area (TPSA) is 51.5 Å². The zero-order valence-corrected chi connectivity index (χ0v) is 20.4. The van der Waals surface area contributed by atoms with Gasteiger partial charge in [-0.25, -0.2) is 0 Å². The van der Waals surface area contributed by atoms with E-state index in [1.807, 2.05) is 74.5 Å². The SMILES string of the molecule is COc1ccc(-n2c(C)cc(/C=C3\SC(=O)N(Cc4ccc(I)cc4)C3=O)c2C)cc1. The van der Waals surface area contributed by atoms with E-state index in [9.17, 15) is 9.59 Å². The minimum Gasteiger partial charge on any atom is -0.497 e. The van der Waals surface area contributed by atoms with Crippen molar-refractivity contribution < 1.29 is 14.3 Å². The maximum Gasteiger partial charge on any atom is 0.293 e. The number of carbonyl (C=O) groups is 2. The highest BCUT2D eigenvalue weighted by molar-refractivity contribution is 14.1. The van der Waals surface area contributed by atoms with Crippen molar-refractivity contribution >= 4 is 51.6 Å². The summed E-state index contributed by atoms with van der Waals surface area (Å²) in [4.78, 5) is 27.2. The van der Waals surface area contributed by atoms with Crippen LogP contribution in [-0.2, 0) is 11.3 Å². The zero-order valence-electron chi connectivity index (χ0n) is 17.4. The zero-order chi connectivity index (χ0) is 22.1. The molecule has 0 spiro atoms. The molecule has 1 saturated heterocycles. The Hall–Kier alpha value is -2.52. The lowest BCUT2D eigenvalue weighted by atomic mass is 10.2. The number of carbonyl (C=O) groups excluding carboxylic acids is 2. The molecule has 1 aromatic heterocycles. The second-order valence-electron chi connectivity index (χ2n) is 7.25. The van der Waals surface area contributed by atoms with Gasteiger partial charge < -0.3 is 9.30 Å². The number of benzene rings is 2. The van der Waals surface area contributed by atoms with E-state index >= 15 is 0 Å². The summed E-state index contributed by atoms with van der Waals surface area (Å²) >= 11 is 3.23. The van der Waals surface area contributed by atoms with Crippen LogP contribution < -0.4 is 4.74 Å². The molecule has 1 aliphatic heterocycles. The number of nitrogens with zero attached hydrogens (tertiary/aromatic N) is 2. The number of aromatic nitrogens is 1. The average Bonchev–Trinajstić information content (AvgIpc) is 3.19. The van der Waals surface area contributed by atoms with E-state index in [1.54, 1.807) is 7.11 Å². The lowest BCUT2D eigenvalue weighted by Crippen LogP contribution is -2.27. The molecule has 31 heavy (non-hydrogen) atoms. The Balaban J connectivity index is 1.60. The molecule has 0 aliphatic carbocycles. The van der Waals surface area contributed by atoms with Crippen LogP contribution in [0.4, 0.5) is 4.79 Å². The molecule has 0 saturated carbocycles. The number of hydrogen-bond acceptors (Lipinski definition) is 4. The van der Waals surface area contributed by atoms with Gasteiger partial charge in [0.25, 0.3) is 11.1 Å². The number of ether oxygens (including phenoxy) is 1. The first-order chi connectivity index (χ1) is 14.9. The van der Waals surface area contributed by atoms with Crippen molar-refractivity contribution in [2.75, 3.05) is 7.11 Å². The third-order valence-electron chi connectivity index (χ3n) is 5.22. The van der Waals surface area contributed by atoms with Gasteiger partial charge in [0.1, 0.15) is 5.75 Å². The molecule has 0 radical (unpaired) electrons. The molecule has 5 nitrogen and oxygen atoms in total. The van der Waals surface area contributed by atoms with Crippen LogP contribution in [0.3, 0.4) is 0 Å². The standard InChI is InChI=1S/C24H21IN2O3S/c1-15-12-18(16(2)27(15)20-8-10-21(30-3)11-9-20)13-22-23(28)26(24(29)31-22)14-17-4-6-19(25)7-5-17/h4-13H,14H2,1-3H3/b22-13-. The van der Waals surface area contributed by atoms with Crippen LogP contribution in [-0.4, -0.2) is 27.7 Å². The van der Waals surface area contributed by atoms with Gasteiger partial charge in [0.05, 0.1) is 18.6 Å². The number of imide groups is 1. The molecule has 2 amide bonds. The highest BCUT2D eigenvalue weighted by Crippen LogP contribution is 2.34. The van der Waals surface area contributed by atoms with Crippen molar-refractivity contribution in [3.8, 4) is 11.4 Å². The molecule has 1 fully saturated rings. The molecule has 7 heteroatoms. The Morgan fingerprint density at radius 2 is 1.71 bits per heavy atom. The van der Waals surface area contributed by atoms with Gasteiger partial charge in [0, 0.05) is 20.6 Å². The Bertz CT molecular complexity index is 1180. The molecule has 0 atom stereocenters. The number of aryl methyl sites for hydroxylation is 1. The monoisotopic (exact) mass is 544 g/mol. The summed E-state index contributed by atoms with van der Waals surface area (Å²) in [6.07, 6.45) is 1.82. The normalized spacial score (nSPS) is 15.2. The third-order valence-corrected chi connectivity index (χ3v) is 6.84. The molecule has 2 heterocycles.